The van der Waals surface area contributed by atoms with Gasteiger partial charge in [-0.3, -0.25) is 0 Å². The lowest BCUT2D eigenvalue weighted by atomic mass is 9.89. The maximum absolute atomic E-state index is 10.2. The summed E-state index contributed by atoms with van der Waals surface area (Å²) in [6.07, 6.45) is 0.00194. The highest BCUT2D eigenvalue weighted by atomic mass is 16.5. The third kappa shape index (κ3) is 2.49. The van der Waals surface area contributed by atoms with Crippen molar-refractivity contribution < 1.29 is 14.6 Å². The van der Waals surface area contributed by atoms with Gasteiger partial charge in [0.1, 0.15) is 17.1 Å². The Balaban J connectivity index is 2.12. The van der Waals surface area contributed by atoms with E-state index in [1.165, 1.54) is 0 Å². The van der Waals surface area contributed by atoms with Crippen LogP contribution in [0.5, 0.6) is 11.5 Å². The molecule has 1 heterocycles. The predicted molar refractivity (Wildman–Crippen MR) is 82.8 cm³/mol. The minimum atomic E-state index is -0.590. The van der Waals surface area contributed by atoms with Crippen molar-refractivity contribution in [1.82, 2.24) is 0 Å². The van der Waals surface area contributed by atoms with E-state index < -0.39 is 11.7 Å². The highest BCUT2D eigenvalue weighted by molar-refractivity contribution is 5.69. The fourth-order valence-corrected chi connectivity index (χ4v) is 2.68. The summed E-state index contributed by atoms with van der Waals surface area (Å²) in [6.45, 7) is 3.81. The lowest BCUT2D eigenvalue weighted by Crippen LogP contribution is -2.46. The number of ether oxygens (including phenoxy) is 2. The molecule has 0 unspecified atom stereocenters. The molecule has 3 heteroatoms. The lowest BCUT2D eigenvalue weighted by Gasteiger charge is -2.37. The van der Waals surface area contributed by atoms with Gasteiger partial charge in [0.2, 0.25) is 0 Å². The van der Waals surface area contributed by atoms with Crippen molar-refractivity contribution in [2.24, 2.45) is 0 Å². The zero-order valence-corrected chi connectivity index (χ0v) is 12.6. The second-order valence-electron chi connectivity index (χ2n) is 5.95. The molecule has 0 fully saturated rings. The van der Waals surface area contributed by atoms with Gasteiger partial charge in [-0.15, -0.1) is 0 Å². The molecule has 1 N–H and O–H groups in total. The third-order valence-electron chi connectivity index (χ3n) is 4.07. The third-order valence-corrected chi connectivity index (χ3v) is 4.07. The van der Waals surface area contributed by atoms with Crippen molar-refractivity contribution in [2.45, 2.75) is 32.0 Å². The molecule has 0 amide bonds. The van der Waals surface area contributed by atoms with Crippen molar-refractivity contribution in [3.8, 4) is 22.6 Å². The van der Waals surface area contributed by atoms with Gasteiger partial charge >= 0.3 is 0 Å². The van der Waals surface area contributed by atoms with E-state index in [4.69, 9.17) is 9.47 Å². The van der Waals surface area contributed by atoms with Crippen molar-refractivity contribution >= 4 is 0 Å². The zero-order chi connectivity index (χ0) is 15.0. The summed E-state index contributed by atoms with van der Waals surface area (Å²) in [4.78, 5) is 0. The number of methoxy groups -OCH3 is 1. The SMILES string of the molecule is COc1cc(-c2ccccc2)cc2c1C[C@H](O)C(C)(C)O2. The molecule has 110 valence electrons. The molecule has 2 aromatic rings. The van der Waals surface area contributed by atoms with Gasteiger partial charge in [-0.05, 0) is 37.1 Å². The summed E-state index contributed by atoms with van der Waals surface area (Å²) in [5.74, 6) is 1.56. The Morgan fingerprint density at radius 1 is 1.14 bits per heavy atom. The first-order valence-corrected chi connectivity index (χ1v) is 7.14. The zero-order valence-electron chi connectivity index (χ0n) is 12.6. The minimum absolute atomic E-state index is 0.540. The molecule has 3 nitrogen and oxygen atoms in total. The maximum Gasteiger partial charge on any atom is 0.129 e. The highest BCUT2D eigenvalue weighted by Crippen LogP contribution is 2.41. The fourth-order valence-electron chi connectivity index (χ4n) is 2.68. The van der Waals surface area contributed by atoms with Gasteiger partial charge < -0.3 is 14.6 Å². The first-order valence-electron chi connectivity index (χ1n) is 7.14. The normalized spacial score (nSPS) is 19.5. The first kappa shape index (κ1) is 14.0. The Morgan fingerprint density at radius 3 is 2.52 bits per heavy atom. The van der Waals surface area contributed by atoms with Gasteiger partial charge in [-0.1, -0.05) is 30.3 Å². The summed E-state index contributed by atoms with van der Waals surface area (Å²) >= 11 is 0. The number of benzene rings is 2. The number of rotatable bonds is 2. The van der Waals surface area contributed by atoms with Crippen LogP contribution in [0.2, 0.25) is 0 Å². The fraction of sp³-hybridized carbons (Fsp3) is 0.333. The van der Waals surface area contributed by atoms with Gasteiger partial charge in [0, 0.05) is 12.0 Å². The monoisotopic (exact) mass is 284 g/mol. The number of hydrogen-bond acceptors (Lipinski definition) is 3. The van der Waals surface area contributed by atoms with Crippen molar-refractivity contribution in [1.29, 1.82) is 0 Å². The molecule has 1 atom stereocenters. The Kier molecular flexibility index (Phi) is 3.38. The molecule has 3 rings (SSSR count). The molecule has 0 aliphatic carbocycles. The minimum Gasteiger partial charge on any atom is -0.496 e. The van der Waals surface area contributed by atoms with Crippen LogP contribution in [0.1, 0.15) is 19.4 Å². The number of fused-ring (bicyclic) bond motifs is 1. The average Bonchev–Trinajstić information content (AvgIpc) is 2.48. The van der Waals surface area contributed by atoms with Crippen LogP contribution in [0.25, 0.3) is 11.1 Å². The predicted octanol–water partition coefficient (Wildman–Crippen LogP) is 3.44. The lowest BCUT2D eigenvalue weighted by molar-refractivity contribution is -0.0416. The summed E-state index contributed by atoms with van der Waals surface area (Å²) in [7, 11) is 1.65. The van der Waals surface area contributed by atoms with E-state index in [0.717, 1.165) is 28.2 Å². The summed E-state index contributed by atoms with van der Waals surface area (Å²) < 4.78 is 11.5. The van der Waals surface area contributed by atoms with Gasteiger partial charge in [-0.25, -0.2) is 0 Å². The quantitative estimate of drug-likeness (QED) is 0.918. The molecule has 0 saturated heterocycles. The van der Waals surface area contributed by atoms with Crippen molar-refractivity contribution in [3.63, 3.8) is 0 Å². The summed E-state index contributed by atoms with van der Waals surface area (Å²) in [5, 5.41) is 10.2. The molecule has 0 radical (unpaired) electrons. The summed E-state index contributed by atoms with van der Waals surface area (Å²) in [6, 6.07) is 14.2. The molecule has 2 aromatic carbocycles. The molecule has 0 aromatic heterocycles. The molecule has 1 aliphatic rings. The number of aliphatic hydroxyl groups excluding tert-OH is 1. The topological polar surface area (TPSA) is 38.7 Å². The Hall–Kier alpha value is -2.00. The molecular formula is C18H20O3. The van der Waals surface area contributed by atoms with Crippen LogP contribution < -0.4 is 9.47 Å². The Morgan fingerprint density at radius 2 is 1.86 bits per heavy atom. The molecule has 0 spiro atoms. The van der Waals surface area contributed by atoms with Crippen LogP contribution in [-0.4, -0.2) is 23.9 Å². The van der Waals surface area contributed by atoms with Crippen LogP contribution in [0.15, 0.2) is 42.5 Å². The van der Waals surface area contributed by atoms with Crippen molar-refractivity contribution in [3.05, 3.63) is 48.0 Å². The standard InChI is InChI=1S/C18H20O3/c1-18(2)17(19)11-14-15(20-3)9-13(10-16(14)21-18)12-7-5-4-6-8-12/h4-10,17,19H,11H2,1-3H3/t17-/m0/s1. The van der Waals surface area contributed by atoms with E-state index in [-0.39, 0.29) is 0 Å². The number of aliphatic hydroxyl groups is 1. The van der Waals surface area contributed by atoms with Crippen molar-refractivity contribution in [2.75, 3.05) is 7.11 Å². The van der Waals surface area contributed by atoms with E-state index >= 15 is 0 Å². The van der Waals surface area contributed by atoms with Crippen LogP contribution in [0.3, 0.4) is 0 Å². The van der Waals surface area contributed by atoms with E-state index in [1.54, 1.807) is 7.11 Å². The second kappa shape index (κ2) is 5.08. The van der Waals surface area contributed by atoms with Crippen LogP contribution >= 0.6 is 0 Å². The maximum atomic E-state index is 10.2. The van der Waals surface area contributed by atoms with Crippen LogP contribution in [0.4, 0.5) is 0 Å². The van der Waals surface area contributed by atoms with Gasteiger partial charge in [0.05, 0.1) is 13.2 Å². The molecule has 0 bridgehead atoms. The summed E-state index contributed by atoms with van der Waals surface area (Å²) in [5.41, 5.74) is 2.52. The molecule has 21 heavy (non-hydrogen) atoms. The Labute approximate surface area is 125 Å². The second-order valence-corrected chi connectivity index (χ2v) is 5.95. The largest absolute Gasteiger partial charge is 0.496 e. The average molecular weight is 284 g/mol. The van der Waals surface area contributed by atoms with E-state index in [9.17, 15) is 5.11 Å². The van der Waals surface area contributed by atoms with Gasteiger partial charge in [0.25, 0.3) is 0 Å². The molecular weight excluding hydrogens is 264 g/mol. The van der Waals surface area contributed by atoms with E-state index in [2.05, 4.69) is 12.1 Å². The highest BCUT2D eigenvalue weighted by Gasteiger charge is 2.37. The number of hydrogen-bond donors (Lipinski definition) is 1. The molecule has 1 aliphatic heterocycles. The van der Waals surface area contributed by atoms with Gasteiger partial charge in [-0.2, -0.15) is 0 Å². The van der Waals surface area contributed by atoms with Crippen LogP contribution in [0, 0.1) is 0 Å². The smallest absolute Gasteiger partial charge is 0.129 e. The first-order chi connectivity index (χ1) is 10.0. The van der Waals surface area contributed by atoms with Crippen LogP contribution in [-0.2, 0) is 6.42 Å². The van der Waals surface area contributed by atoms with Gasteiger partial charge in [0.15, 0.2) is 0 Å². The van der Waals surface area contributed by atoms with E-state index in [0.29, 0.717) is 6.42 Å². The molecule has 0 saturated carbocycles. The van der Waals surface area contributed by atoms with E-state index in [1.807, 2.05) is 44.2 Å². The Bertz CT molecular complexity index is 647.